The zero-order chi connectivity index (χ0) is 21.8. The molecule has 5 nitrogen and oxygen atoms in total. The van der Waals surface area contributed by atoms with Gasteiger partial charge < -0.3 is 14.4 Å². The fourth-order valence-corrected chi connectivity index (χ4v) is 5.23. The molecule has 0 aromatic heterocycles. The van der Waals surface area contributed by atoms with Gasteiger partial charge in [-0.1, -0.05) is 30.3 Å². The summed E-state index contributed by atoms with van der Waals surface area (Å²) in [5.74, 6) is 1.70. The van der Waals surface area contributed by atoms with Crippen LogP contribution in [0.5, 0.6) is 5.75 Å². The highest BCUT2D eigenvalue weighted by Gasteiger charge is 2.43. The molecule has 3 aliphatic heterocycles. The van der Waals surface area contributed by atoms with Crippen LogP contribution in [-0.2, 0) is 11.3 Å². The summed E-state index contributed by atoms with van der Waals surface area (Å²) in [6, 6.07) is 19.6. The first-order valence-electron chi connectivity index (χ1n) is 12.2. The second-order valence-corrected chi connectivity index (χ2v) is 9.63. The van der Waals surface area contributed by atoms with E-state index in [1.54, 1.807) is 0 Å². The van der Waals surface area contributed by atoms with Crippen molar-refractivity contribution in [2.24, 2.45) is 4.99 Å². The van der Waals surface area contributed by atoms with Crippen molar-refractivity contribution >= 4 is 5.90 Å². The number of nitrogens with zero attached hydrogens (tertiary/aromatic N) is 3. The summed E-state index contributed by atoms with van der Waals surface area (Å²) < 4.78 is 12.0. The highest BCUT2D eigenvalue weighted by atomic mass is 16.5. The summed E-state index contributed by atoms with van der Waals surface area (Å²) >= 11 is 0. The first kappa shape index (κ1) is 21.5. The minimum atomic E-state index is -0.0913. The van der Waals surface area contributed by atoms with Crippen LogP contribution in [0.15, 0.2) is 59.6 Å². The largest absolute Gasteiger partial charge is 0.494 e. The summed E-state index contributed by atoms with van der Waals surface area (Å²) in [5, 5.41) is 0. The predicted molar refractivity (Wildman–Crippen MR) is 128 cm³/mol. The fourth-order valence-electron chi connectivity index (χ4n) is 5.23. The Morgan fingerprint density at radius 2 is 1.94 bits per heavy atom. The van der Waals surface area contributed by atoms with Gasteiger partial charge in [0.15, 0.2) is 0 Å². The number of rotatable bonds is 8. The van der Waals surface area contributed by atoms with Crippen molar-refractivity contribution < 1.29 is 9.47 Å². The fraction of sp³-hybridized carbons (Fsp3) is 0.519. The van der Waals surface area contributed by atoms with Gasteiger partial charge in [0.1, 0.15) is 17.9 Å². The summed E-state index contributed by atoms with van der Waals surface area (Å²) in [4.78, 5) is 10.1. The molecule has 3 aliphatic rings. The monoisotopic (exact) mass is 433 g/mol. The Morgan fingerprint density at radius 3 is 2.72 bits per heavy atom. The molecule has 170 valence electrons. The van der Waals surface area contributed by atoms with Crippen LogP contribution in [-0.4, -0.2) is 66.7 Å². The molecule has 5 heteroatoms. The molecule has 5 rings (SSSR count). The first-order chi connectivity index (χ1) is 15.7. The highest BCUT2D eigenvalue weighted by molar-refractivity contribution is 5.95. The number of benzene rings is 2. The smallest absolute Gasteiger partial charge is 0.216 e. The Hall–Kier alpha value is -2.37. The van der Waals surface area contributed by atoms with Crippen molar-refractivity contribution in [3.05, 3.63) is 65.7 Å². The molecule has 2 aromatic carbocycles. The van der Waals surface area contributed by atoms with Crippen LogP contribution in [0, 0.1) is 0 Å². The zero-order valence-corrected chi connectivity index (χ0v) is 19.2. The maximum Gasteiger partial charge on any atom is 0.216 e. The molecule has 32 heavy (non-hydrogen) atoms. The third-order valence-electron chi connectivity index (χ3n) is 7.13. The standard InChI is InChI=1S/C27H35N3O2/c1-22-7-5-15-30(22)16-6-18-31-25-12-10-24(11-13-25)26-28-27(21-32-26)14-17-29(20-27)19-23-8-3-2-4-9-23/h2-4,8-13,22H,5-7,14-21H2,1H3. The van der Waals surface area contributed by atoms with E-state index in [1.165, 1.54) is 24.9 Å². The Bertz CT molecular complexity index is 914. The van der Waals surface area contributed by atoms with Crippen LogP contribution < -0.4 is 4.74 Å². The molecule has 0 amide bonds. The lowest BCUT2D eigenvalue weighted by Crippen LogP contribution is -2.32. The van der Waals surface area contributed by atoms with Crippen molar-refractivity contribution in [2.75, 3.05) is 39.4 Å². The van der Waals surface area contributed by atoms with E-state index in [0.717, 1.165) is 68.9 Å². The van der Waals surface area contributed by atoms with Gasteiger partial charge in [0.05, 0.1) is 6.61 Å². The molecule has 2 unspecified atom stereocenters. The van der Waals surface area contributed by atoms with Gasteiger partial charge in [-0.25, -0.2) is 4.99 Å². The molecule has 2 fully saturated rings. The number of hydrogen-bond acceptors (Lipinski definition) is 5. The molecule has 0 N–H and O–H groups in total. The summed E-state index contributed by atoms with van der Waals surface area (Å²) in [6.45, 7) is 9.16. The van der Waals surface area contributed by atoms with Crippen molar-refractivity contribution in [1.29, 1.82) is 0 Å². The Labute approximate surface area is 192 Å². The first-order valence-corrected chi connectivity index (χ1v) is 12.2. The topological polar surface area (TPSA) is 37.3 Å². The third kappa shape index (κ3) is 5.00. The summed E-state index contributed by atoms with van der Waals surface area (Å²) in [5.41, 5.74) is 2.31. The van der Waals surface area contributed by atoms with Gasteiger partial charge in [-0.3, -0.25) is 4.90 Å². The predicted octanol–water partition coefficient (Wildman–Crippen LogP) is 4.36. The average molecular weight is 434 g/mol. The maximum atomic E-state index is 6.06. The van der Waals surface area contributed by atoms with Crippen LogP contribution >= 0.6 is 0 Å². The second kappa shape index (κ2) is 9.63. The molecule has 1 spiro atoms. The normalized spacial score (nSPS) is 25.9. The summed E-state index contributed by atoms with van der Waals surface area (Å²) in [7, 11) is 0. The van der Waals surface area contributed by atoms with E-state index in [-0.39, 0.29) is 5.54 Å². The average Bonchev–Trinajstić information content (AvgIpc) is 3.54. The minimum absolute atomic E-state index is 0.0913. The molecule has 2 aromatic rings. The SMILES string of the molecule is CC1CCCN1CCCOc1ccc(C2=NC3(CCN(Cc4ccccc4)C3)CO2)cc1. The lowest BCUT2D eigenvalue weighted by atomic mass is 10.0. The molecule has 2 atom stereocenters. The zero-order valence-electron chi connectivity index (χ0n) is 19.2. The Balaban J connectivity index is 1.11. The van der Waals surface area contributed by atoms with Crippen molar-refractivity contribution in [2.45, 2.75) is 50.7 Å². The number of hydrogen-bond donors (Lipinski definition) is 0. The van der Waals surface area contributed by atoms with Crippen LogP contribution in [0.2, 0.25) is 0 Å². The van der Waals surface area contributed by atoms with Gasteiger partial charge in [-0.15, -0.1) is 0 Å². The van der Waals surface area contributed by atoms with Gasteiger partial charge in [-0.2, -0.15) is 0 Å². The van der Waals surface area contributed by atoms with Crippen LogP contribution in [0.1, 0.15) is 43.7 Å². The molecule has 3 heterocycles. The number of aliphatic imine (C=N–C) groups is 1. The lowest BCUT2D eigenvalue weighted by Gasteiger charge is -2.20. The Morgan fingerprint density at radius 1 is 1.09 bits per heavy atom. The van der Waals surface area contributed by atoms with E-state index < -0.39 is 0 Å². The van der Waals surface area contributed by atoms with E-state index in [4.69, 9.17) is 14.5 Å². The van der Waals surface area contributed by atoms with E-state index in [0.29, 0.717) is 6.61 Å². The maximum absolute atomic E-state index is 6.06. The molecule has 2 saturated heterocycles. The van der Waals surface area contributed by atoms with Crippen molar-refractivity contribution in [3.8, 4) is 5.75 Å². The molecule has 0 saturated carbocycles. The van der Waals surface area contributed by atoms with Crippen LogP contribution in [0.4, 0.5) is 0 Å². The lowest BCUT2D eigenvalue weighted by molar-refractivity contribution is 0.230. The number of ether oxygens (including phenoxy) is 2. The molecule has 0 radical (unpaired) electrons. The van der Waals surface area contributed by atoms with Gasteiger partial charge in [-0.05, 0) is 69.0 Å². The number of likely N-dealkylation sites (tertiary alicyclic amines) is 2. The van der Waals surface area contributed by atoms with E-state index >= 15 is 0 Å². The summed E-state index contributed by atoms with van der Waals surface area (Å²) in [6.07, 6.45) is 4.80. The van der Waals surface area contributed by atoms with Crippen molar-refractivity contribution in [3.63, 3.8) is 0 Å². The van der Waals surface area contributed by atoms with E-state index in [2.05, 4.69) is 59.2 Å². The van der Waals surface area contributed by atoms with Gasteiger partial charge in [0.25, 0.3) is 0 Å². The van der Waals surface area contributed by atoms with Crippen LogP contribution in [0.3, 0.4) is 0 Å². The molecular weight excluding hydrogens is 398 g/mol. The molecule has 0 aliphatic carbocycles. The highest BCUT2D eigenvalue weighted by Crippen LogP contribution is 2.32. The molecule has 0 bridgehead atoms. The van der Waals surface area contributed by atoms with Crippen LogP contribution in [0.25, 0.3) is 0 Å². The Kier molecular flexibility index (Phi) is 6.47. The third-order valence-corrected chi connectivity index (χ3v) is 7.13. The minimum Gasteiger partial charge on any atom is -0.494 e. The second-order valence-electron chi connectivity index (χ2n) is 9.63. The van der Waals surface area contributed by atoms with E-state index in [9.17, 15) is 0 Å². The molecular formula is C27H35N3O2. The quantitative estimate of drug-likeness (QED) is 0.580. The van der Waals surface area contributed by atoms with Gasteiger partial charge in [0.2, 0.25) is 5.90 Å². The van der Waals surface area contributed by atoms with Gasteiger partial charge >= 0.3 is 0 Å². The van der Waals surface area contributed by atoms with E-state index in [1.807, 2.05) is 12.1 Å². The van der Waals surface area contributed by atoms with Crippen molar-refractivity contribution in [1.82, 2.24) is 9.80 Å². The van der Waals surface area contributed by atoms with Gasteiger partial charge in [0, 0.05) is 37.8 Å².